The van der Waals surface area contributed by atoms with Crippen molar-refractivity contribution in [3.05, 3.63) is 44.9 Å². The largest absolute Gasteiger partial charge is 0.495 e. The third-order valence-corrected chi connectivity index (χ3v) is 2.96. The molecule has 1 aromatic heterocycles. The Morgan fingerprint density at radius 2 is 2.15 bits per heavy atom. The molecule has 0 fully saturated rings. The molecule has 20 heavy (non-hydrogen) atoms. The van der Waals surface area contributed by atoms with Crippen LogP contribution in [0.25, 0.3) is 0 Å². The molecule has 2 aromatic rings. The van der Waals surface area contributed by atoms with Crippen LogP contribution in [-0.4, -0.2) is 17.0 Å². The molecule has 1 heterocycles. The summed E-state index contributed by atoms with van der Waals surface area (Å²) in [5, 5.41) is 13.7. The number of nitrogens with two attached hydrogens (primary N) is 1. The number of halogens is 1. The third-order valence-electron chi connectivity index (χ3n) is 2.47. The van der Waals surface area contributed by atoms with Crippen LogP contribution in [0.2, 0.25) is 0 Å². The average molecular weight is 339 g/mol. The number of hydrogen-bond donors (Lipinski definition) is 2. The van der Waals surface area contributed by atoms with Gasteiger partial charge in [-0.05, 0) is 18.2 Å². The fraction of sp³-hybridized carbons (Fsp3) is 0.0833. The lowest BCUT2D eigenvalue weighted by atomic mass is 10.3. The van der Waals surface area contributed by atoms with Gasteiger partial charge in [-0.25, -0.2) is 4.98 Å². The standard InChI is InChI=1S/C12H11BrN4O3/c1-20-10-3-2-7(13)4-9(10)15-12-6-8(17(18)19)5-11(14)16-12/h2-6H,1H3,(H3,14,15,16). The Hall–Kier alpha value is -2.35. The molecular weight excluding hydrogens is 328 g/mol. The second-order valence-corrected chi connectivity index (χ2v) is 4.78. The number of nitrogens with zero attached hydrogens (tertiary/aromatic N) is 2. The molecule has 0 atom stereocenters. The number of pyridine rings is 1. The van der Waals surface area contributed by atoms with E-state index in [1.807, 2.05) is 6.07 Å². The van der Waals surface area contributed by atoms with Crippen molar-refractivity contribution in [2.45, 2.75) is 0 Å². The Labute approximate surface area is 123 Å². The summed E-state index contributed by atoms with van der Waals surface area (Å²) in [7, 11) is 1.53. The predicted octanol–water partition coefficient (Wildman–Crippen LogP) is 3.09. The van der Waals surface area contributed by atoms with Crippen molar-refractivity contribution >= 4 is 38.9 Å². The van der Waals surface area contributed by atoms with Gasteiger partial charge in [-0.3, -0.25) is 10.1 Å². The fourth-order valence-corrected chi connectivity index (χ4v) is 1.98. The maximum Gasteiger partial charge on any atom is 0.276 e. The SMILES string of the molecule is COc1ccc(Br)cc1Nc1cc([N+](=O)[O-])cc(N)n1. The van der Waals surface area contributed by atoms with Crippen LogP contribution >= 0.6 is 15.9 Å². The van der Waals surface area contributed by atoms with Gasteiger partial charge in [0.2, 0.25) is 0 Å². The second kappa shape index (κ2) is 5.74. The van der Waals surface area contributed by atoms with Gasteiger partial charge >= 0.3 is 0 Å². The predicted molar refractivity (Wildman–Crippen MR) is 79.3 cm³/mol. The Bertz CT molecular complexity index is 663. The van der Waals surface area contributed by atoms with E-state index in [-0.39, 0.29) is 17.3 Å². The molecule has 0 saturated heterocycles. The van der Waals surface area contributed by atoms with Crippen LogP contribution < -0.4 is 15.8 Å². The number of nitrogen functional groups attached to an aromatic ring is 1. The molecule has 0 aliphatic heterocycles. The normalized spacial score (nSPS) is 10.1. The Morgan fingerprint density at radius 1 is 1.40 bits per heavy atom. The number of rotatable bonds is 4. The van der Waals surface area contributed by atoms with E-state index < -0.39 is 4.92 Å². The Balaban J connectivity index is 2.39. The summed E-state index contributed by atoms with van der Waals surface area (Å²) < 4.78 is 6.04. The summed E-state index contributed by atoms with van der Waals surface area (Å²) in [6.07, 6.45) is 0. The molecule has 0 unspecified atom stereocenters. The van der Waals surface area contributed by atoms with Crippen molar-refractivity contribution < 1.29 is 9.66 Å². The molecule has 0 radical (unpaired) electrons. The zero-order chi connectivity index (χ0) is 14.7. The molecule has 3 N–H and O–H groups in total. The van der Waals surface area contributed by atoms with Gasteiger partial charge in [-0.1, -0.05) is 15.9 Å². The highest BCUT2D eigenvalue weighted by molar-refractivity contribution is 9.10. The molecule has 0 bridgehead atoms. The van der Waals surface area contributed by atoms with E-state index in [9.17, 15) is 10.1 Å². The smallest absolute Gasteiger partial charge is 0.276 e. The molecule has 1 aromatic carbocycles. The van der Waals surface area contributed by atoms with Crippen molar-refractivity contribution in [2.75, 3.05) is 18.2 Å². The molecule has 0 spiro atoms. The summed E-state index contributed by atoms with van der Waals surface area (Å²) in [6.45, 7) is 0. The first-order valence-electron chi connectivity index (χ1n) is 5.52. The van der Waals surface area contributed by atoms with Crippen LogP contribution in [0.4, 0.5) is 23.0 Å². The molecule has 0 saturated carbocycles. The van der Waals surface area contributed by atoms with Crippen molar-refractivity contribution in [1.82, 2.24) is 4.98 Å². The average Bonchev–Trinajstić information content (AvgIpc) is 2.38. The summed E-state index contributed by atoms with van der Waals surface area (Å²) in [5.74, 6) is 0.920. The van der Waals surface area contributed by atoms with Gasteiger partial charge in [0.1, 0.15) is 17.4 Å². The first-order valence-corrected chi connectivity index (χ1v) is 6.31. The number of aromatic nitrogens is 1. The van der Waals surface area contributed by atoms with Gasteiger partial charge in [0.05, 0.1) is 29.9 Å². The number of anilines is 3. The molecule has 7 nitrogen and oxygen atoms in total. The number of nitro groups is 1. The van der Waals surface area contributed by atoms with Gasteiger partial charge in [0, 0.05) is 4.47 Å². The van der Waals surface area contributed by atoms with E-state index in [0.717, 1.165) is 4.47 Å². The molecule has 2 rings (SSSR count). The van der Waals surface area contributed by atoms with Crippen molar-refractivity contribution in [2.24, 2.45) is 0 Å². The van der Waals surface area contributed by atoms with Crippen LogP contribution in [0, 0.1) is 10.1 Å². The van der Waals surface area contributed by atoms with Gasteiger partial charge in [0.25, 0.3) is 5.69 Å². The lowest BCUT2D eigenvalue weighted by molar-refractivity contribution is -0.384. The first kappa shape index (κ1) is 14.1. The highest BCUT2D eigenvalue weighted by atomic mass is 79.9. The van der Waals surface area contributed by atoms with Gasteiger partial charge < -0.3 is 15.8 Å². The van der Waals surface area contributed by atoms with E-state index in [4.69, 9.17) is 10.5 Å². The Kier molecular flexibility index (Phi) is 4.04. The topological polar surface area (TPSA) is 103 Å². The van der Waals surface area contributed by atoms with Crippen LogP contribution in [-0.2, 0) is 0 Å². The maximum absolute atomic E-state index is 10.8. The van der Waals surface area contributed by atoms with Gasteiger partial charge in [-0.2, -0.15) is 0 Å². The van der Waals surface area contributed by atoms with Crippen molar-refractivity contribution in [3.8, 4) is 5.75 Å². The monoisotopic (exact) mass is 338 g/mol. The van der Waals surface area contributed by atoms with E-state index in [2.05, 4.69) is 26.2 Å². The number of benzene rings is 1. The molecule has 0 aliphatic rings. The minimum Gasteiger partial charge on any atom is -0.495 e. The van der Waals surface area contributed by atoms with Gasteiger partial charge in [0.15, 0.2) is 0 Å². The van der Waals surface area contributed by atoms with E-state index in [1.165, 1.54) is 19.2 Å². The quantitative estimate of drug-likeness (QED) is 0.655. The third kappa shape index (κ3) is 3.15. The molecule has 8 heteroatoms. The lowest BCUT2D eigenvalue weighted by Gasteiger charge is -2.11. The first-order chi connectivity index (χ1) is 9.49. The molecule has 0 aliphatic carbocycles. The van der Waals surface area contributed by atoms with E-state index in [0.29, 0.717) is 11.4 Å². The lowest BCUT2D eigenvalue weighted by Crippen LogP contribution is -2.01. The van der Waals surface area contributed by atoms with Crippen LogP contribution in [0.3, 0.4) is 0 Å². The summed E-state index contributed by atoms with van der Waals surface area (Å²) in [5.41, 5.74) is 6.04. The zero-order valence-corrected chi connectivity index (χ0v) is 12.0. The summed E-state index contributed by atoms with van der Waals surface area (Å²) in [6, 6.07) is 7.85. The minimum atomic E-state index is -0.526. The molecule has 104 valence electrons. The van der Waals surface area contributed by atoms with Crippen molar-refractivity contribution in [1.29, 1.82) is 0 Å². The summed E-state index contributed by atoms with van der Waals surface area (Å²) in [4.78, 5) is 14.3. The number of methoxy groups -OCH3 is 1. The van der Waals surface area contributed by atoms with E-state index >= 15 is 0 Å². The Morgan fingerprint density at radius 3 is 2.80 bits per heavy atom. The number of nitrogens with one attached hydrogen (secondary N) is 1. The van der Waals surface area contributed by atoms with Crippen LogP contribution in [0.15, 0.2) is 34.8 Å². The van der Waals surface area contributed by atoms with E-state index in [1.54, 1.807) is 12.1 Å². The zero-order valence-electron chi connectivity index (χ0n) is 10.5. The highest BCUT2D eigenvalue weighted by Gasteiger charge is 2.11. The molecule has 0 amide bonds. The van der Waals surface area contributed by atoms with Crippen LogP contribution in [0.5, 0.6) is 5.75 Å². The van der Waals surface area contributed by atoms with Crippen molar-refractivity contribution in [3.63, 3.8) is 0 Å². The van der Waals surface area contributed by atoms with Crippen LogP contribution in [0.1, 0.15) is 0 Å². The highest BCUT2D eigenvalue weighted by Crippen LogP contribution is 2.31. The van der Waals surface area contributed by atoms with Gasteiger partial charge in [-0.15, -0.1) is 0 Å². The maximum atomic E-state index is 10.8. The second-order valence-electron chi connectivity index (χ2n) is 3.86. The fourth-order valence-electron chi connectivity index (χ4n) is 1.62. The number of ether oxygens (including phenoxy) is 1. The summed E-state index contributed by atoms with van der Waals surface area (Å²) >= 11 is 3.34. The minimum absolute atomic E-state index is 0.0654. The number of hydrogen-bond acceptors (Lipinski definition) is 6. The molecular formula is C12H11BrN4O3.